The van der Waals surface area contributed by atoms with Crippen molar-refractivity contribution in [3.63, 3.8) is 0 Å². The molecule has 0 atom stereocenters. The average molecular weight is 560 g/mol. The minimum atomic E-state index is -3.82. The Morgan fingerprint density at radius 1 is 1.27 bits per heavy atom. The van der Waals surface area contributed by atoms with E-state index in [1.165, 1.54) is 28.0 Å². The number of thioether (sulfide) groups is 1. The van der Waals surface area contributed by atoms with Crippen molar-refractivity contribution in [2.75, 3.05) is 17.6 Å². The molecule has 0 spiro atoms. The van der Waals surface area contributed by atoms with Crippen LogP contribution < -0.4 is 15.6 Å². The Bertz CT molecular complexity index is 1510. The summed E-state index contributed by atoms with van der Waals surface area (Å²) in [5.41, 5.74) is 0.196. The summed E-state index contributed by atoms with van der Waals surface area (Å²) >= 11 is 2.62. The average Bonchev–Trinajstić information content (AvgIpc) is 3.13. The first-order chi connectivity index (χ1) is 17.8. The van der Waals surface area contributed by atoms with Gasteiger partial charge in [0.15, 0.2) is 5.16 Å². The van der Waals surface area contributed by atoms with Crippen LogP contribution >= 0.6 is 23.1 Å². The van der Waals surface area contributed by atoms with Crippen LogP contribution in [0.3, 0.4) is 0 Å². The third-order valence-electron chi connectivity index (χ3n) is 5.71. The van der Waals surface area contributed by atoms with Crippen molar-refractivity contribution in [2.24, 2.45) is 4.99 Å². The molecule has 0 radical (unpaired) electrons. The number of allylic oxidation sites excluding steroid dienone is 1. The van der Waals surface area contributed by atoms with Gasteiger partial charge >= 0.3 is 0 Å². The van der Waals surface area contributed by atoms with Crippen LogP contribution in [0.2, 0.25) is 0 Å². The predicted octanol–water partition coefficient (Wildman–Crippen LogP) is 4.19. The maximum Gasteiger partial charge on any atom is 0.263 e. The Hall–Kier alpha value is -2.96. The molecular weight excluding hydrogens is 531 g/mol. The van der Waals surface area contributed by atoms with Crippen LogP contribution in [0.25, 0.3) is 10.2 Å². The first kappa shape index (κ1) is 27.1. The number of hydrogen-bond donors (Lipinski definition) is 2. The Labute approximate surface area is 224 Å². The van der Waals surface area contributed by atoms with Gasteiger partial charge in [-0.1, -0.05) is 37.2 Å². The SMILES string of the molecule is C=CCn1c(SCC(=O)Nc2cccc(S(=O)(=O)NC3=NCCCCC3)c2)nc2sc(CC)cc2c1=O. The van der Waals surface area contributed by atoms with Gasteiger partial charge in [0.2, 0.25) is 5.91 Å². The van der Waals surface area contributed by atoms with E-state index >= 15 is 0 Å². The number of benzene rings is 1. The number of aryl methyl sites for hydroxylation is 1. The monoisotopic (exact) mass is 559 g/mol. The molecule has 4 rings (SSSR count). The van der Waals surface area contributed by atoms with Crippen molar-refractivity contribution in [3.05, 3.63) is 58.2 Å². The molecule has 2 N–H and O–H groups in total. The van der Waals surface area contributed by atoms with Gasteiger partial charge in [-0.05, 0) is 43.5 Å². The van der Waals surface area contributed by atoms with Crippen LogP contribution in [0.15, 0.2) is 62.8 Å². The van der Waals surface area contributed by atoms with Gasteiger partial charge < -0.3 is 5.32 Å². The van der Waals surface area contributed by atoms with E-state index in [1.807, 2.05) is 13.0 Å². The van der Waals surface area contributed by atoms with Gasteiger partial charge in [-0.25, -0.2) is 13.4 Å². The fourth-order valence-corrected chi connectivity index (χ4v) is 6.81. The van der Waals surface area contributed by atoms with Gasteiger partial charge in [-0.15, -0.1) is 17.9 Å². The Kier molecular flexibility index (Phi) is 8.83. The molecular formula is C25H29N5O4S3. The largest absolute Gasteiger partial charge is 0.325 e. The van der Waals surface area contributed by atoms with Crippen LogP contribution in [0, 0.1) is 0 Å². The number of thiophene rings is 1. The fraction of sp³-hybridized carbons (Fsp3) is 0.360. The van der Waals surface area contributed by atoms with E-state index in [2.05, 4.69) is 26.6 Å². The van der Waals surface area contributed by atoms with E-state index in [-0.39, 0.29) is 28.7 Å². The van der Waals surface area contributed by atoms with Crippen LogP contribution in [0.1, 0.15) is 37.5 Å². The summed E-state index contributed by atoms with van der Waals surface area (Å²) in [5.74, 6) is 0.114. The van der Waals surface area contributed by atoms with Crippen LogP contribution in [-0.4, -0.2) is 42.0 Å². The van der Waals surface area contributed by atoms with Gasteiger partial charge in [0.25, 0.3) is 15.6 Å². The third-order valence-corrected chi connectivity index (χ3v) is 9.24. The number of nitrogens with zero attached hydrogens (tertiary/aromatic N) is 3. The number of carbonyl (C=O) groups is 1. The van der Waals surface area contributed by atoms with Crippen LogP contribution in [-0.2, 0) is 27.8 Å². The molecule has 0 saturated carbocycles. The van der Waals surface area contributed by atoms with Crippen molar-refractivity contribution in [3.8, 4) is 0 Å². The minimum Gasteiger partial charge on any atom is -0.325 e. The number of rotatable bonds is 9. The van der Waals surface area contributed by atoms with Crippen molar-refractivity contribution in [1.82, 2.24) is 14.3 Å². The molecule has 0 unspecified atom stereocenters. The van der Waals surface area contributed by atoms with Crippen LogP contribution in [0.5, 0.6) is 0 Å². The molecule has 2 aromatic heterocycles. The summed E-state index contributed by atoms with van der Waals surface area (Å²) in [6.07, 6.45) is 5.88. The predicted molar refractivity (Wildman–Crippen MR) is 150 cm³/mol. The quantitative estimate of drug-likeness (QED) is 0.230. The molecule has 1 aliphatic heterocycles. The number of carbonyl (C=O) groups excluding carboxylic acids is 1. The molecule has 0 aliphatic carbocycles. The highest BCUT2D eigenvalue weighted by molar-refractivity contribution is 7.99. The number of anilines is 1. The Morgan fingerprint density at radius 2 is 2.11 bits per heavy atom. The van der Waals surface area contributed by atoms with E-state index in [4.69, 9.17) is 0 Å². The zero-order valence-corrected chi connectivity index (χ0v) is 23.0. The lowest BCUT2D eigenvalue weighted by atomic mass is 10.2. The molecule has 9 nitrogen and oxygen atoms in total. The Morgan fingerprint density at radius 3 is 2.89 bits per heavy atom. The number of amides is 1. The number of amidine groups is 1. The lowest BCUT2D eigenvalue weighted by Crippen LogP contribution is -2.30. The van der Waals surface area contributed by atoms with Crippen molar-refractivity contribution < 1.29 is 13.2 Å². The first-order valence-corrected chi connectivity index (χ1v) is 15.3. The van der Waals surface area contributed by atoms with E-state index in [0.717, 1.165) is 42.3 Å². The standard InChI is InChI=1S/C25H29N5O4S3/c1-3-13-30-24(32)20-15-18(4-2)36-23(20)28-25(30)35-16-22(31)27-17-9-8-10-19(14-17)37(33,34)29-21-11-6-5-7-12-26-21/h3,8-10,14-15H,1,4-7,11-13,16H2,2H3,(H,26,29)(H,27,31). The molecule has 0 bridgehead atoms. The van der Waals surface area contributed by atoms with Gasteiger partial charge in [0.05, 0.1) is 16.0 Å². The summed E-state index contributed by atoms with van der Waals surface area (Å²) in [6.45, 7) is 6.64. The fourth-order valence-electron chi connectivity index (χ4n) is 3.86. The van der Waals surface area contributed by atoms with Crippen molar-refractivity contribution in [1.29, 1.82) is 0 Å². The van der Waals surface area contributed by atoms with Crippen molar-refractivity contribution >= 4 is 60.8 Å². The zero-order chi connectivity index (χ0) is 26.4. The first-order valence-electron chi connectivity index (χ1n) is 12.0. The summed E-state index contributed by atoms with van der Waals surface area (Å²) in [6, 6.07) is 7.96. The number of sulfonamides is 1. The molecule has 3 heterocycles. The molecule has 1 aromatic carbocycles. The van der Waals surface area contributed by atoms with Gasteiger partial charge in [0.1, 0.15) is 10.7 Å². The van der Waals surface area contributed by atoms with E-state index in [0.29, 0.717) is 39.9 Å². The lowest BCUT2D eigenvalue weighted by molar-refractivity contribution is -0.113. The summed E-state index contributed by atoms with van der Waals surface area (Å²) in [4.78, 5) is 36.4. The van der Waals surface area contributed by atoms with Gasteiger partial charge in [-0.3, -0.25) is 23.9 Å². The second-order valence-corrected chi connectivity index (χ2v) is 12.2. The van der Waals surface area contributed by atoms with Gasteiger partial charge in [-0.2, -0.15) is 0 Å². The second kappa shape index (κ2) is 12.1. The van der Waals surface area contributed by atoms with Gasteiger partial charge in [0, 0.05) is 30.1 Å². The zero-order valence-electron chi connectivity index (χ0n) is 20.5. The summed E-state index contributed by atoms with van der Waals surface area (Å²) < 4.78 is 29.8. The molecule has 1 amide bonds. The highest BCUT2D eigenvalue weighted by Gasteiger charge is 2.19. The molecule has 196 valence electrons. The molecule has 12 heteroatoms. The molecule has 37 heavy (non-hydrogen) atoms. The molecule has 0 fully saturated rings. The van der Waals surface area contributed by atoms with E-state index < -0.39 is 10.0 Å². The number of fused-ring (bicyclic) bond motifs is 1. The highest BCUT2D eigenvalue weighted by Crippen LogP contribution is 2.25. The minimum absolute atomic E-state index is 0.00681. The van der Waals surface area contributed by atoms with E-state index in [1.54, 1.807) is 18.2 Å². The van der Waals surface area contributed by atoms with Crippen molar-refractivity contribution in [2.45, 2.75) is 55.6 Å². The smallest absolute Gasteiger partial charge is 0.263 e. The Balaban J connectivity index is 1.46. The summed E-state index contributed by atoms with van der Waals surface area (Å²) in [7, 11) is -3.82. The number of aromatic nitrogens is 2. The number of nitrogens with one attached hydrogen (secondary N) is 2. The normalized spacial score (nSPS) is 14.1. The second-order valence-electron chi connectivity index (χ2n) is 8.49. The van der Waals surface area contributed by atoms with Crippen LogP contribution in [0.4, 0.5) is 5.69 Å². The highest BCUT2D eigenvalue weighted by atomic mass is 32.2. The van der Waals surface area contributed by atoms with E-state index in [9.17, 15) is 18.0 Å². The topological polar surface area (TPSA) is 123 Å². The summed E-state index contributed by atoms with van der Waals surface area (Å²) in [5, 5.41) is 3.74. The molecule has 1 aliphatic rings. The lowest BCUT2D eigenvalue weighted by Gasteiger charge is -2.12. The maximum absolute atomic E-state index is 13.0. The number of hydrogen-bond acceptors (Lipinski definition) is 8. The third kappa shape index (κ3) is 6.68. The molecule has 0 saturated heterocycles. The maximum atomic E-state index is 13.0. The number of aliphatic imine (C=N–C) groups is 1. The molecule has 3 aromatic rings.